The highest BCUT2D eigenvalue weighted by Crippen LogP contribution is 2.37. The third-order valence-corrected chi connectivity index (χ3v) is 2.33. The van der Waals surface area contributed by atoms with Crippen LogP contribution in [0.2, 0.25) is 5.02 Å². The van der Waals surface area contributed by atoms with E-state index in [1.807, 2.05) is 0 Å². The standard InChI is InChI=1S/C10H9ClF2O3/c1-10(12,13)7-5(8(14)9(15)16)3-2-4-6(7)11/h2-4,8,14H,1H3,(H,15,16). The summed E-state index contributed by atoms with van der Waals surface area (Å²) in [6.07, 6.45) is -2.01. The summed E-state index contributed by atoms with van der Waals surface area (Å²) in [4.78, 5) is 10.6. The predicted octanol–water partition coefficient (Wildman–Crippen LogP) is 2.57. The minimum Gasteiger partial charge on any atom is -0.479 e. The summed E-state index contributed by atoms with van der Waals surface area (Å²) in [6.45, 7) is 0.590. The van der Waals surface area contributed by atoms with Gasteiger partial charge in [-0.2, -0.15) is 0 Å². The molecule has 3 nitrogen and oxygen atoms in total. The first-order chi connectivity index (χ1) is 7.25. The van der Waals surface area contributed by atoms with Crippen LogP contribution in [0.1, 0.15) is 24.2 Å². The van der Waals surface area contributed by atoms with Crippen LogP contribution in [-0.4, -0.2) is 16.2 Å². The number of carboxylic acids is 1. The van der Waals surface area contributed by atoms with Crippen LogP contribution in [0.15, 0.2) is 18.2 Å². The van der Waals surface area contributed by atoms with Gasteiger partial charge in [0, 0.05) is 18.1 Å². The van der Waals surface area contributed by atoms with Gasteiger partial charge in [0.2, 0.25) is 0 Å². The van der Waals surface area contributed by atoms with Crippen LogP contribution in [-0.2, 0) is 10.7 Å². The van der Waals surface area contributed by atoms with E-state index < -0.39 is 29.1 Å². The highest BCUT2D eigenvalue weighted by atomic mass is 35.5. The van der Waals surface area contributed by atoms with Crippen molar-refractivity contribution in [3.63, 3.8) is 0 Å². The molecule has 0 bridgehead atoms. The molecule has 1 unspecified atom stereocenters. The molecule has 2 N–H and O–H groups in total. The summed E-state index contributed by atoms with van der Waals surface area (Å²) in [5.41, 5.74) is -1.06. The second-order valence-electron chi connectivity index (χ2n) is 3.33. The third kappa shape index (κ3) is 2.48. The Labute approximate surface area is 95.3 Å². The Morgan fingerprint density at radius 2 is 2.06 bits per heavy atom. The van der Waals surface area contributed by atoms with Crippen molar-refractivity contribution in [3.8, 4) is 0 Å². The van der Waals surface area contributed by atoms with Crippen LogP contribution >= 0.6 is 11.6 Å². The van der Waals surface area contributed by atoms with E-state index in [0.717, 1.165) is 6.07 Å². The fourth-order valence-corrected chi connectivity index (χ4v) is 1.71. The molecule has 0 heterocycles. The molecule has 0 aromatic heterocycles. The molecule has 1 aromatic carbocycles. The summed E-state index contributed by atoms with van der Waals surface area (Å²) in [7, 11) is 0. The molecule has 0 aliphatic heterocycles. The smallest absolute Gasteiger partial charge is 0.337 e. The van der Waals surface area contributed by atoms with Crippen molar-refractivity contribution < 1.29 is 23.8 Å². The van der Waals surface area contributed by atoms with E-state index >= 15 is 0 Å². The number of rotatable bonds is 3. The van der Waals surface area contributed by atoms with Gasteiger partial charge in [0.1, 0.15) is 0 Å². The number of aliphatic carboxylic acids is 1. The molecule has 0 aliphatic rings. The van der Waals surface area contributed by atoms with Crippen molar-refractivity contribution in [2.24, 2.45) is 0 Å². The zero-order valence-corrected chi connectivity index (χ0v) is 9.00. The number of halogens is 3. The van der Waals surface area contributed by atoms with E-state index in [-0.39, 0.29) is 5.02 Å². The molecule has 0 amide bonds. The molecule has 0 saturated carbocycles. The monoisotopic (exact) mass is 250 g/mol. The maximum atomic E-state index is 13.2. The number of aliphatic hydroxyl groups is 1. The van der Waals surface area contributed by atoms with E-state index in [2.05, 4.69) is 0 Å². The molecule has 16 heavy (non-hydrogen) atoms. The second-order valence-corrected chi connectivity index (χ2v) is 3.74. The van der Waals surface area contributed by atoms with Gasteiger partial charge in [0.15, 0.2) is 6.10 Å². The lowest BCUT2D eigenvalue weighted by atomic mass is 9.98. The van der Waals surface area contributed by atoms with Crippen molar-refractivity contribution in [2.45, 2.75) is 19.0 Å². The maximum absolute atomic E-state index is 13.2. The van der Waals surface area contributed by atoms with Crippen LogP contribution in [0.5, 0.6) is 0 Å². The van der Waals surface area contributed by atoms with Crippen molar-refractivity contribution in [1.82, 2.24) is 0 Å². The zero-order valence-electron chi connectivity index (χ0n) is 8.25. The van der Waals surface area contributed by atoms with Crippen molar-refractivity contribution >= 4 is 17.6 Å². The average molecular weight is 251 g/mol. The van der Waals surface area contributed by atoms with Gasteiger partial charge >= 0.3 is 5.97 Å². The van der Waals surface area contributed by atoms with Crippen LogP contribution in [0.25, 0.3) is 0 Å². The Morgan fingerprint density at radius 1 is 1.50 bits per heavy atom. The molecule has 0 aliphatic carbocycles. The first kappa shape index (κ1) is 12.9. The lowest BCUT2D eigenvalue weighted by molar-refractivity contribution is -0.147. The fraction of sp³-hybridized carbons (Fsp3) is 0.300. The Bertz CT molecular complexity index is 415. The highest BCUT2D eigenvalue weighted by molar-refractivity contribution is 6.31. The highest BCUT2D eigenvalue weighted by Gasteiger charge is 2.34. The van der Waals surface area contributed by atoms with Crippen LogP contribution in [0.3, 0.4) is 0 Å². The number of aliphatic hydroxyl groups excluding tert-OH is 1. The average Bonchev–Trinajstić information content (AvgIpc) is 2.14. The number of hydrogen-bond acceptors (Lipinski definition) is 2. The first-order valence-electron chi connectivity index (χ1n) is 4.32. The lowest BCUT2D eigenvalue weighted by Crippen LogP contribution is -2.18. The molecule has 0 saturated heterocycles. The molecule has 0 fully saturated rings. The molecule has 6 heteroatoms. The minimum atomic E-state index is -3.32. The molecule has 1 rings (SSSR count). The number of carbonyl (C=O) groups is 1. The molecule has 0 spiro atoms. The van der Waals surface area contributed by atoms with Crippen molar-refractivity contribution in [3.05, 3.63) is 34.3 Å². The second kappa shape index (κ2) is 4.35. The molecular formula is C10H9ClF2O3. The Morgan fingerprint density at radius 3 is 2.50 bits per heavy atom. The normalized spacial score (nSPS) is 13.6. The van der Waals surface area contributed by atoms with Crippen LogP contribution < -0.4 is 0 Å². The van der Waals surface area contributed by atoms with Gasteiger partial charge in [-0.1, -0.05) is 23.7 Å². The molecule has 0 radical (unpaired) electrons. The van der Waals surface area contributed by atoms with Crippen molar-refractivity contribution in [2.75, 3.05) is 0 Å². The fourth-order valence-electron chi connectivity index (χ4n) is 1.36. The maximum Gasteiger partial charge on any atom is 0.337 e. The number of carboxylic acid groups (broad SMARTS) is 1. The van der Waals surface area contributed by atoms with Gasteiger partial charge in [-0.3, -0.25) is 0 Å². The summed E-state index contributed by atoms with van der Waals surface area (Å²) in [5.74, 6) is -4.92. The van der Waals surface area contributed by atoms with Crippen LogP contribution in [0.4, 0.5) is 8.78 Å². The van der Waals surface area contributed by atoms with E-state index in [0.29, 0.717) is 6.92 Å². The quantitative estimate of drug-likeness (QED) is 0.867. The van der Waals surface area contributed by atoms with Gasteiger partial charge < -0.3 is 10.2 Å². The topological polar surface area (TPSA) is 57.5 Å². The van der Waals surface area contributed by atoms with Gasteiger partial charge in [-0.05, 0) is 6.07 Å². The van der Waals surface area contributed by atoms with E-state index in [1.165, 1.54) is 12.1 Å². The molecule has 1 aromatic rings. The Kier molecular flexibility index (Phi) is 3.50. The summed E-state index contributed by atoms with van der Waals surface area (Å²) in [6, 6.07) is 3.63. The summed E-state index contributed by atoms with van der Waals surface area (Å²) in [5, 5.41) is 17.6. The largest absolute Gasteiger partial charge is 0.479 e. The minimum absolute atomic E-state index is 0.273. The Balaban J connectivity index is 3.40. The van der Waals surface area contributed by atoms with Crippen LogP contribution in [0, 0.1) is 0 Å². The van der Waals surface area contributed by atoms with E-state index in [1.54, 1.807) is 0 Å². The molecule has 88 valence electrons. The number of alkyl halides is 2. The lowest BCUT2D eigenvalue weighted by Gasteiger charge is -2.18. The number of benzene rings is 1. The molecular weight excluding hydrogens is 242 g/mol. The number of hydrogen-bond donors (Lipinski definition) is 2. The third-order valence-electron chi connectivity index (χ3n) is 2.01. The SMILES string of the molecule is CC(F)(F)c1c(Cl)cccc1C(O)C(=O)O. The zero-order chi connectivity index (χ0) is 12.5. The first-order valence-corrected chi connectivity index (χ1v) is 4.70. The van der Waals surface area contributed by atoms with E-state index in [9.17, 15) is 18.7 Å². The van der Waals surface area contributed by atoms with Gasteiger partial charge in [-0.25, -0.2) is 13.6 Å². The van der Waals surface area contributed by atoms with Gasteiger partial charge in [-0.15, -0.1) is 0 Å². The summed E-state index contributed by atoms with van der Waals surface area (Å²) < 4.78 is 26.4. The summed E-state index contributed by atoms with van der Waals surface area (Å²) >= 11 is 5.58. The van der Waals surface area contributed by atoms with Gasteiger partial charge in [0.25, 0.3) is 5.92 Å². The predicted molar refractivity (Wildman–Crippen MR) is 53.6 cm³/mol. The molecule has 1 atom stereocenters. The Hall–Kier alpha value is -1.20. The van der Waals surface area contributed by atoms with E-state index in [4.69, 9.17) is 16.7 Å². The van der Waals surface area contributed by atoms with Crippen molar-refractivity contribution in [1.29, 1.82) is 0 Å². The van der Waals surface area contributed by atoms with Gasteiger partial charge in [0.05, 0.1) is 5.02 Å².